The molecule has 0 saturated heterocycles. The van der Waals surface area contributed by atoms with Gasteiger partial charge in [0.2, 0.25) is 0 Å². The molecule has 1 aliphatic rings. The Labute approximate surface area is 132 Å². The molecule has 1 aromatic carbocycles. The topological polar surface area (TPSA) is 37.4 Å². The van der Waals surface area contributed by atoms with Crippen molar-refractivity contribution in [3.05, 3.63) is 58.9 Å². The van der Waals surface area contributed by atoms with E-state index in [1.807, 2.05) is 12.3 Å². The van der Waals surface area contributed by atoms with E-state index in [0.717, 1.165) is 24.5 Å². The molecule has 4 heteroatoms. The molecule has 3 rings (SSSR count). The highest BCUT2D eigenvalue weighted by atomic mass is 16.5. The van der Waals surface area contributed by atoms with Gasteiger partial charge in [-0.2, -0.15) is 0 Å². The molecule has 1 atom stereocenters. The third-order valence-electron chi connectivity index (χ3n) is 3.98. The molecule has 2 heterocycles. The molecule has 0 saturated carbocycles. The molecule has 0 bridgehead atoms. The second kappa shape index (κ2) is 6.46. The lowest BCUT2D eigenvalue weighted by atomic mass is 9.96. The Morgan fingerprint density at radius 2 is 2.14 bits per heavy atom. The Kier molecular flexibility index (Phi) is 4.41. The van der Waals surface area contributed by atoms with Gasteiger partial charge in [0.15, 0.2) is 0 Å². The number of nitrogens with one attached hydrogen (secondary N) is 1. The van der Waals surface area contributed by atoms with Gasteiger partial charge in [0.05, 0.1) is 11.7 Å². The summed E-state index contributed by atoms with van der Waals surface area (Å²) in [6, 6.07) is 10.7. The Hall–Kier alpha value is -1.91. The molecule has 4 nitrogen and oxygen atoms in total. The van der Waals surface area contributed by atoms with Crippen LogP contribution in [-0.4, -0.2) is 37.1 Å². The van der Waals surface area contributed by atoms with E-state index >= 15 is 0 Å². The first-order chi connectivity index (χ1) is 10.6. The Morgan fingerprint density at radius 1 is 1.27 bits per heavy atom. The number of rotatable bonds is 4. The first-order valence-electron chi connectivity index (χ1n) is 7.70. The summed E-state index contributed by atoms with van der Waals surface area (Å²) in [5.74, 6) is 0.950. The van der Waals surface area contributed by atoms with Gasteiger partial charge in [0.25, 0.3) is 0 Å². The average molecular weight is 297 g/mol. The van der Waals surface area contributed by atoms with Gasteiger partial charge in [-0.1, -0.05) is 23.8 Å². The minimum absolute atomic E-state index is 0.126. The van der Waals surface area contributed by atoms with Crippen molar-refractivity contribution in [2.75, 3.05) is 27.2 Å². The van der Waals surface area contributed by atoms with Crippen molar-refractivity contribution in [3.8, 4) is 5.75 Å². The van der Waals surface area contributed by atoms with Gasteiger partial charge in [0.1, 0.15) is 12.4 Å². The van der Waals surface area contributed by atoms with Gasteiger partial charge < -0.3 is 15.0 Å². The molecule has 22 heavy (non-hydrogen) atoms. The maximum Gasteiger partial charge on any atom is 0.131 e. The molecule has 0 spiro atoms. The molecular formula is C18H23N3O. The van der Waals surface area contributed by atoms with E-state index in [1.54, 1.807) is 0 Å². The lowest BCUT2D eigenvalue weighted by Gasteiger charge is -2.22. The highest BCUT2D eigenvalue weighted by Gasteiger charge is 2.24. The lowest BCUT2D eigenvalue weighted by Crippen LogP contribution is -2.30. The van der Waals surface area contributed by atoms with Crippen LogP contribution in [0.1, 0.15) is 28.4 Å². The first-order valence-corrected chi connectivity index (χ1v) is 7.70. The van der Waals surface area contributed by atoms with Gasteiger partial charge in [0, 0.05) is 24.8 Å². The molecule has 1 aliphatic heterocycles. The zero-order valence-electron chi connectivity index (χ0n) is 13.5. The summed E-state index contributed by atoms with van der Waals surface area (Å²) in [4.78, 5) is 6.68. The van der Waals surface area contributed by atoms with E-state index in [4.69, 9.17) is 4.74 Å². The van der Waals surface area contributed by atoms with Gasteiger partial charge in [-0.25, -0.2) is 0 Å². The molecule has 0 aliphatic carbocycles. The minimum Gasteiger partial charge on any atom is -0.487 e. The maximum absolute atomic E-state index is 5.97. The van der Waals surface area contributed by atoms with Crippen molar-refractivity contribution in [3.63, 3.8) is 0 Å². The van der Waals surface area contributed by atoms with Crippen LogP contribution >= 0.6 is 0 Å². The number of ether oxygens (including phenoxy) is 1. The standard InChI is InChI=1S/C18H23N3O/c1-13-6-7-17-15(11-13)18(20-9-10-21(2)3)14-5-4-8-19-16(14)12-22-17/h4-8,11,18,20H,9-10,12H2,1-3H3. The second-order valence-corrected chi connectivity index (χ2v) is 6.06. The van der Waals surface area contributed by atoms with Crippen LogP contribution in [-0.2, 0) is 6.61 Å². The predicted molar refractivity (Wildman–Crippen MR) is 88.1 cm³/mol. The molecule has 1 N–H and O–H groups in total. The fraction of sp³-hybridized carbons (Fsp3) is 0.389. The van der Waals surface area contributed by atoms with Gasteiger partial charge in [-0.3, -0.25) is 4.98 Å². The monoisotopic (exact) mass is 297 g/mol. The van der Waals surface area contributed by atoms with Crippen LogP contribution in [0.3, 0.4) is 0 Å². The van der Waals surface area contributed by atoms with Crippen LogP contribution in [0.2, 0.25) is 0 Å². The van der Waals surface area contributed by atoms with Crippen molar-refractivity contribution in [1.82, 2.24) is 15.2 Å². The summed E-state index contributed by atoms with van der Waals surface area (Å²) in [7, 11) is 4.18. The number of aromatic nitrogens is 1. The SMILES string of the molecule is Cc1ccc2c(c1)C(NCCN(C)C)c1cccnc1CO2. The Morgan fingerprint density at radius 3 is 2.95 bits per heavy atom. The van der Waals surface area contributed by atoms with E-state index < -0.39 is 0 Å². The molecule has 2 aromatic rings. The average Bonchev–Trinajstić information content (AvgIpc) is 2.65. The molecule has 1 unspecified atom stereocenters. The van der Waals surface area contributed by atoms with Gasteiger partial charge >= 0.3 is 0 Å². The van der Waals surface area contributed by atoms with E-state index in [-0.39, 0.29) is 6.04 Å². The van der Waals surface area contributed by atoms with Crippen LogP contribution in [0.25, 0.3) is 0 Å². The van der Waals surface area contributed by atoms with Crippen molar-refractivity contribution in [1.29, 1.82) is 0 Å². The zero-order valence-corrected chi connectivity index (χ0v) is 13.5. The Bertz CT molecular complexity index is 655. The van der Waals surface area contributed by atoms with Crippen LogP contribution < -0.4 is 10.1 Å². The van der Waals surface area contributed by atoms with Crippen LogP contribution in [0.5, 0.6) is 5.75 Å². The summed E-state index contributed by atoms with van der Waals surface area (Å²) >= 11 is 0. The van der Waals surface area contributed by atoms with Crippen molar-refractivity contribution >= 4 is 0 Å². The molecule has 0 radical (unpaired) electrons. The Balaban J connectivity index is 1.98. The maximum atomic E-state index is 5.97. The van der Waals surface area contributed by atoms with E-state index in [2.05, 4.69) is 60.5 Å². The lowest BCUT2D eigenvalue weighted by molar-refractivity contribution is 0.302. The fourth-order valence-corrected chi connectivity index (χ4v) is 2.82. The van der Waals surface area contributed by atoms with E-state index in [0.29, 0.717) is 6.61 Å². The highest BCUT2D eigenvalue weighted by Crippen LogP contribution is 2.35. The summed E-state index contributed by atoms with van der Waals surface area (Å²) < 4.78 is 5.97. The number of fused-ring (bicyclic) bond motifs is 2. The number of aryl methyl sites for hydroxylation is 1. The van der Waals surface area contributed by atoms with Crippen molar-refractivity contribution < 1.29 is 4.74 Å². The summed E-state index contributed by atoms with van der Waals surface area (Å²) in [6.45, 7) is 4.55. The molecule has 1 aromatic heterocycles. The van der Waals surface area contributed by atoms with Crippen LogP contribution in [0.15, 0.2) is 36.5 Å². The minimum atomic E-state index is 0.126. The summed E-state index contributed by atoms with van der Waals surface area (Å²) in [6.07, 6.45) is 1.83. The van der Waals surface area contributed by atoms with Crippen molar-refractivity contribution in [2.24, 2.45) is 0 Å². The number of benzene rings is 1. The fourth-order valence-electron chi connectivity index (χ4n) is 2.82. The van der Waals surface area contributed by atoms with Gasteiger partial charge in [-0.05, 0) is 38.7 Å². The third-order valence-corrected chi connectivity index (χ3v) is 3.98. The second-order valence-electron chi connectivity index (χ2n) is 6.06. The quantitative estimate of drug-likeness (QED) is 0.941. The molecule has 116 valence electrons. The molecule has 0 fully saturated rings. The number of pyridine rings is 1. The first kappa shape index (κ1) is 15.0. The summed E-state index contributed by atoms with van der Waals surface area (Å²) in [5.41, 5.74) is 4.67. The van der Waals surface area contributed by atoms with Gasteiger partial charge in [-0.15, -0.1) is 0 Å². The smallest absolute Gasteiger partial charge is 0.131 e. The molecule has 0 amide bonds. The normalized spacial score (nSPS) is 16.6. The predicted octanol–water partition coefficient (Wildman–Crippen LogP) is 2.52. The van der Waals surface area contributed by atoms with E-state index in [1.165, 1.54) is 16.7 Å². The van der Waals surface area contributed by atoms with Crippen LogP contribution in [0, 0.1) is 6.92 Å². The number of hydrogen-bond acceptors (Lipinski definition) is 4. The zero-order chi connectivity index (χ0) is 15.5. The summed E-state index contributed by atoms with van der Waals surface area (Å²) in [5, 5.41) is 3.67. The highest BCUT2D eigenvalue weighted by molar-refractivity contribution is 5.46. The number of likely N-dealkylation sites (N-methyl/N-ethyl adjacent to an activating group) is 1. The molecular weight excluding hydrogens is 274 g/mol. The van der Waals surface area contributed by atoms with Crippen molar-refractivity contribution in [2.45, 2.75) is 19.6 Å². The number of hydrogen-bond donors (Lipinski definition) is 1. The third kappa shape index (κ3) is 3.13. The van der Waals surface area contributed by atoms with E-state index in [9.17, 15) is 0 Å². The number of nitrogens with zero attached hydrogens (tertiary/aromatic N) is 2. The largest absolute Gasteiger partial charge is 0.487 e. The van der Waals surface area contributed by atoms with Crippen LogP contribution in [0.4, 0.5) is 0 Å².